The number of ketones is 1. The van der Waals surface area contributed by atoms with Crippen LogP contribution >= 0.6 is 0 Å². The first-order valence-electron chi connectivity index (χ1n) is 7.13. The van der Waals surface area contributed by atoms with Gasteiger partial charge in [0.1, 0.15) is 5.66 Å². The van der Waals surface area contributed by atoms with E-state index in [2.05, 4.69) is 0 Å². The molecular weight excluding hydrogens is 280 g/mol. The SMILES string of the molecule is CCCC(=O)O.NC1(N)C=CC(C(=O)c2ccccc2)C=C1. The summed E-state index contributed by atoms with van der Waals surface area (Å²) in [7, 11) is 0. The minimum Gasteiger partial charge on any atom is -0.481 e. The second-order valence-corrected chi connectivity index (χ2v) is 5.12. The first-order valence-corrected chi connectivity index (χ1v) is 7.13. The molecule has 5 nitrogen and oxygen atoms in total. The van der Waals surface area contributed by atoms with Gasteiger partial charge in [-0.25, -0.2) is 0 Å². The topological polar surface area (TPSA) is 106 Å². The van der Waals surface area contributed by atoms with E-state index in [1.807, 2.05) is 25.1 Å². The van der Waals surface area contributed by atoms with Crippen LogP contribution in [0.1, 0.15) is 30.1 Å². The summed E-state index contributed by atoms with van der Waals surface area (Å²) in [4.78, 5) is 21.6. The highest BCUT2D eigenvalue weighted by Gasteiger charge is 2.21. The van der Waals surface area contributed by atoms with Gasteiger partial charge in [0.15, 0.2) is 5.78 Å². The minimum absolute atomic E-state index is 0.0589. The molecule has 2 rings (SSSR count). The van der Waals surface area contributed by atoms with Gasteiger partial charge in [-0.2, -0.15) is 0 Å². The van der Waals surface area contributed by atoms with Crippen LogP contribution in [0.15, 0.2) is 54.6 Å². The maximum absolute atomic E-state index is 12.0. The number of hydrogen-bond donors (Lipinski definition) is 3. The van der Waals surface area contributed by atoms with Gasteiger partial charge in [-0.3, -0.25) is 9.59 Å². The molecule has 1 aliphatic carbocycles. The number of carbonyl (C=O) groups excluding carboxylic acids is 1. The fourth-order valence-electron chi connectivity index (χ4n) is 1.84. The van der Waals surface area contributed by atoms with Crippen molar-refractivity contribution in [3.8, 4) is 0 Å². The largest absolute Gasteiger partial charge is 0.481 e. The molecule has 1 aromatic rings. The Hall–Kier alpha value is -2.24. The van der Waals surface area contributed by atoms with Crippen molar-refractivity contribution in [3.05, 3.63) is 60.2 Å². The molecule has 0 heterocycles. The predicted molar refractivity (Wildman–Crippen MR) is 86.2 cm³/mol. The lowest BCUT2D eigenvalue weighted by molar-refractivity contribution is -0.137. The highest BCUT2D eigenvalue weighted by molar-refractivity contribution is 6.00. The zero-order valence-corrected chi connectivity index (χ0v) is 12.6. The van der Waals surface area contributed by atoms with E-state index in [1.54, 1.807) is 36.4 Å². The summed E-state index contributed by atoms with van der Waals surface area (Å²) in [6.07, 6.45) is 7.82. The molecule has 1 aliphatic rings. The zero-order chi connectivity index (χ0) is 16.6. The molecule has 0 atom stereocenters. The molecule has 22 heavy (non-hydrogen) atoms. The van der Waals surface area contributed by atoms with E-state index < -0.39 is 11.6 Å². The predicted octanol–water partition coefficient (Wildman–Crippen LogP) is 2.10. The van der Waals surface area contributed by atoms with Crippen LogP contribution in [0.25, 0.3) is 0 Å². The van der Waals surface area contributed by atoms with Crippen LogP contribution < -0.4 is 11.5 Å². The van der Waals surface area contributed by atoms with Gasteiger partial charge in [-0.05, 0) is 18.6 Å². The van der Waals surface area contributed by atoms with Crippen molar-refractivity contribution in [2.75, 3.05) is 0 Å². The van der Waals surface area contributed by atoms with E-state index in [9.17, 15) is 9.59 Å². The molecule has 0 saturated heterocycles. The van der Waals surface area contributed by atoms with E-state index in [0.717, 1.165) is 6.42 Å². The fraction of sp³-hybridized carbons (Fsp3) is 0.294. The van der Waals surface area contributed by atoms with Crippen LogP contribution in [0.2, 0.25) is 0 Å². The summed E-state index contributed by atoms with van der Waals surface area (Å²) < 4.78 is 0. The number of rotatable bonds is 4. The summed E-state index contributed by atoms with van der Waals surface area (Å²) in [5, 5.41) is 7.91. The van der Waals surface area contributed by atoms with Crippen molar-refractivity contribution in [1.82, 2.24) is 0 Å². The van der Waals surface area contributed by atoms with Gasteiger partial charge in [0.2, 0.25) is 0 Å². The van der Waals surface area contributed by atoms with Gasteiger partial charge in [0.25, 0.3) is 0 Å². The summed E-state index contributed by atoms with van der Waals surface area (Å²) in [5.41, 5.74) is 11.1. The summed E-state index contributed by atoms with van der Waals surface area (Å²) in [5.74, 6) is -0.913. The van der Waals surface area contributed by atoms with E-state index >= 15 is 0 Å². The molecule has 1 aromatic carbocycles. The average Bonchev–Trinajstić information content (AvgIpc) is 2.48. The number of aliphatic carboxylic acids is 1. The van der Waals surface area contributed by atoms with Crippen molar-refractivity contribution in [2.45, 2.75) is 25.4 Å². The number of carboxylic acid groups (broad SMARTS) is 1. The third-order valence-corrected chi connectivity index (χ3v) is 3.01. The first kappa shape index (κ1) is 17.8. The lowest BCUT2D eigenvalue weighted by atomic mass is 9.91. The van der Waals surface area contributed by atoms with E-state index in [-0.39, 0.29) is 11.7 Å². The minimum atomic E-state index is -0.923. The number of nitrogens with two attached hydrogens (primary N) is 2. The quantitative estimate of drug-likeness (QED) is 0.448. The van der Waals surface area contributed by atoms with Crippen LogP contribution in [-0.4, -0.2) is 22.5 Å². The molecule has 0 bridgehead atoms. The van der Waals surface area contributed by atoms with Gasteiger partial charge in [0, 0.05) is 12.0 Å². The highest BCUT2D eigenvalue weighted by Crippen LogP contribution is 2.17. The lowest BCUT2D eigenvalue weighted by Gasteiger charge is -2.21. The summed E-state index contributed by atoms with van der Waals surface area (Å²) in [6, 6.07) is 9.18. The Balaban J connectivity index is 0.000000346. The van der Waals surface area contributed by atoms with Gasteiger partial charge in [0.05, 0.1) is 5.92 Å². The van der Waals surface area contributed by atoms with Crippen LogP contribution in [0.5, 0.6) is 0 Å². The molecule has 5 N–H and O–H groups in total. The highest BCUT2D eigenvalue weighted by atomic mass is 16.4. The third kappa shape index (κ3) is 6.03. The molecule has 0 spiro atoms. The average molecular weight is 302 g/mol. The lowest BCUT2D eigenvalue weighted by Crippen LogP contribution is -2.46. The fourth-order valence-corrected chi connectivity index (χ4v) is 1.84. The Labute approximate surface area is 130 Å². The van der Waals surface area contributed by atoms with Crippen molar-refractivity contribution in [3.63, 3.8) is 0 Å². The molecule has 118 valence electrons. The van der Waals surface area contributed by atoms with E-state index in [0.29, 0.717) is 12.0 Å². The van der Waals surface area contributed by atoms with E-state index in [4.69, 9.17) is 16.6 Å². The van der Waals surface area contributed by atoms with E-state index in [1.165, 1.54) is 0 Å². The molecule has 0 aromatic heterocycles. The van der Waals surface area contributed by atoms with Crippen LogP contribution in [0.4, 0.5) is 0 Å². The Kier molecular flexibility index (Phi) is 6.69. The molecule has 0 unspecified atom stereocenters. The van der Waals surface area contributed by atoms with Crippen molar-refractivity contribution < 1.29 is 14.7 Å². The zero-order valence-electron chi connectivity index (χ0n) is 12.6. The van der Waals surface area contributed by atoms with Crippen LogP contribution in [-0.2, 0) is 4.79 Å². The van der Waals surface area contributed by atoms with Crippen molar-refractivity contribution in [2.24, 2.45) is 17.4 Å². The Morgan fingerprint density at radius 1 is 1.14 bits per heavy atom. The number of carboxylic acids is 1. The number of carbonyl (C=O) groups is 2. The maximum atomic E-state index is 12.0. The standard InChI is InChI=1S/C13H14N2O.C4H8O2/c14-13(15)8-6-11(7-9-13)12(16)10-4-2-1-3-5-10;1-2-3-4(5)6/h1-9,11H,14-15H2;2-3H2,1H3,(H,5,6). The second kappa shape index (κ2) is 8.26. The first-order chi connectivity index (χ1) is 10.4. The smallest absolute Gasteiger partial charge is 0.303 e. The molecular formula is C17H22N2O3. The number of allylic oxidation sites excluding steroid dienone is 2. The number of benzene rings is 1. The van der Waals surface area contributed by atoms with Crippen molar-refractivity contribution in [1.29, 1.82) is 0 Å². The molecule has 0 aliphatic heterocycles. The monoisotopic (exact) mass is 302 g/mol. The van der Waals surface area contributed by atoms with Gasteiger partial charge in [-0.15, -0.1) is 0 Å². The van der Waals surface area contributed by atoms with Crippen molar-refractivity contribution >= 4 is 11.8 Å². The Bertz CT molecular complexity index is 547. The maximum Gasteiger partial charge on any atom is 0.303 e. The van der Waals surface area contributed by atoms with Crippen LogP contribution in [0, 0.1) is 5.92 Å². The molecule has 0 radical (unpaired) electrons. The van der Waals surface area contributed by atoms with Crippen LogP contribution in [0.3, 0.4) is 0 Å². The Morgan fingerprint density at radius 3 is 2.09 bits per heavy atom. The normalized spacial score (nSPS) is 15.8. The Morgan fingerprint density at radius 2 is 1.68 bits per heavy atom. The molecule has 5 heteroatoms. The number of hydrogen-bond acceptors (Lipinski definition) is 4. The molecule has 0 saturated carbocycles. The third-order valence-electron chi connectivity index (χ3n) is 3.01. The number of Topliss-reactive ketones (excluding diaryl/α,β-unsaturated/α-hetero) is 1. The summed E-state index contributed by atoms with van der Waals surface area (Å²) in [6.45, 7) is 1.84. The van der Waals surface area contributed by atoms with Gasteiger partial charge >= 0.3 is 5.97 Å². The van der Waals surface area contributed by atoms with Gasteiger partial charge in [-0.1, -0.05) is 49.4 Å². The second-order valence-electron chi connectivity index (χ2n) is 5.12. The van der Waals surface area contributed by atoms with Gasteiger partial charge < -0.3 is 16.6 Å². The summed E-state index contributed by atoms with van der Waals surface area (Å²) >= 11 is 0. The molecule has 0 amide bonds. The molecule has 0 fully saturated rings.